The molecule has 0 aromatic heterocycles. The van der Waals surface area contributed by atoms with Crippen LogP contribution in [-0.4, -0.2) is 73.1 Å². The number of anilines is 1. The van der Waals surface area contributed by atoms with Gasteiger partial charge in [0.15, 0.2) is 0 Å². The number of hydrogen-bond donors (Lipinski definition) is 0. The summed E-state index contributed by atoms with van der Waals surface area (Å²) < 4.78 is 1.40. The lowest BCUT2D eigenvalue weighted by Gasteiger charge is -2.38. The summed E-state index contributed by atoms with van der Waals surface area (Å²) in [6.07, 6.45) is 5.50. The van der Waals surface area contributed by atoms with Gasteiger partial charge >= 0.3 is 6.03 Å². The van der Waals surface area contributed by atoms with Gasteiger partial charge in [-0.1, -0.05) is 29.3 Å². The summed E-state index contributed by atoms with van der Waals surface area (Å²) >= 11 is 18.8. The molecule has 5 nitrogen and oxygen atoms in total. The number of benzene rings is 1. The van der Waals surface area contributed by atoms with Crippen LogP contribution in [0.2, 0.25) is 10.0 Å². The van der Waals surface area contributed by atoms with E-state index >= 15 is 0 Å². The first-order chi connectivity index (χ1) is 13.9. The molecule has 0 N–H and O–H groups in total. The van der Waals surface area contributed by atoms with Gasteiger partial charge in [0, 0.05) is 52.1 Å². The minimum atomic E-state index is -0.118. The van der Waals surface area contributed by atoms with Crippen molar-refractivity contribution in [2.45, 2.75) is 38.1 Å². The van der Waals surface area contributed by atoms with E-state index in [4.69, 9.17) is 35.0 Å². The molecule has 0 radical (unpaired) electrons. The van der Waals surface area contributed by atoms with Gasteiger partial charge in [0.05, 0.1) is 21.8 Å². The third-order valence-corrected chi connectivity index (χ3v) is 7.43. The molecular formula is C21H31Cl3N4O. The Bertz CT molecular complexity index is 687. The molecule has 1 aliphatic carbocycles. The van der Waals surface area contributed by atoms with Crippen molar-refractivity contribution < 1.29 is 4.79 Å². The zero-order valence-electron chi connectivity index (χ0n) is 17.3. The van der Waals surface area contributed by atoms with Crippen molar-refractivity contribution in [3.63, 3.8) is 0 Å². The molecule has 8 heteroatoms. The number of piperazine rings is 1. The van der Waals surface area contributed by atoms with Crippen molar-refractivity contribution >= 4 is 46.7 Å². The van der Waals surface area contributed by atoms with Crippen molar-refractivity contribution in [2.24, 2.45) is 5.92 Å². The monoisotopic (exact) mass is 460 g/mol. The third-order valence-electron chi connectivity index (χ3n) is 6.20. The number of carbonyl (C=O) groups is 1. The highest BCUT2D eigenvalue weighted by atomic mass is 35.5. The predicted molar refractivity (Wildman–Crippen MR) is 122 cm³/mol. The highest BCUT2D eigenvalue weighted by Crippen LogP contribution is 2.33. The first kappa shape index (κ1) is 22.8. The summed E-state index contributed by atoms with van der Waals surface area (Å²) in [7, 11) is 3.48. The fourth-order valence-corrected chi connectivity index (χ4v) is 5.08. The van der Waals surface area contributed by atoms with E-state index in [1.807, 2.05) is 18.2 Å². The Morgan fingerprint density at radius 3 is 2.34 bits per heavy atom. The number of halogens is 3. The maximum Gasteiger partial charge on any atom is 0.334 e. The standard InChI is InChI=1S/C21H31Cl3N4O/c1-25(2)21(29)28(24)17-8-6-16(7-9-17)10-11-26-12-14-27(15-13-26)19-5-3-4-18(22)20(19)23/h3-5,16-17H,6-15H2,1-2H3. The third kappa shape index (κ3) is 5.84. The molecule has 29 heavy (non-hydrogen) atoms. The van der Waals surface area contributed by atoms with Gasteiger partial charge in [-0.15, -0.1) is 0 Å². The summed E-state index contributed by atoms with van der Waals surface area (Å²) in [5, 5.41) is 1.27. The summed E-state index contributed by atoms with van der Waals surface area (Å²) in [5.41, 5.74) is 1.04. The number of carbonyl (C=O) groups excluding carboxylic acids is 1. The van der Waals surface area contributed by atoms with Gasteiger partial charge in [-0.3, -0.25) is 4.90 Å². The normalized spacial score (nSPS) is 23.1. The lowest BCUT2D eigenvalue weighted by molar-refractivity contribution is 0.161. The van der Waals surface area contributed by atoms with Crippen LogP contribution in [0.1, 0.15) is 32.1 Å². The number of urea groups is 1. The van der Waals surface area contributed by atoms with Crippen molar-refractivity contribution in [3.8, 4) is 0 Å². The van der Waals surface area contributed by atoms with Crippen LogP contribution in [0.3, 0.4) is 0 Å². The molecule has 1 aliphatic heterocycles. The van der Waals surface area contributed by atoms with Gasteiger partial charge in [-0.05, 0) is 56.7 Å². The van der Waals surface area contributed by atoms with Gasteiger partial charge in [0.1, 0.15) is 0 Å². The number of nitrogens with zero attached hydrogens (tertiary/aromatic N) is 4. The summed E-state index contributed by atoms with van der Waals surface area (Å²) in [6, 6.07) is 5.88. The fourth-order valence-electron chi connectivity index (χ4n) is 4.32. The average Bonchev–Trinajstić information content (AvgIpc) is 2.74. The van der Waals surface area contributed by atoms with Gasteiger partial charge < -0.3 is 9.80 Å². The van der Waals surface area contributed by atoms with E-state index in [1.54, 1.807) is 14.1 Å². The first-order valence-electron chi connectivity index (χ1n) is 10.4. The van der Waals surface area contributed by atoms with Crippen molar-refractivity contribution in [2.75, 3.05) is 51.7 Å². The van der Waals surface area contributed by atoms with Crippen molar-refractivity contribution in [3.05, 3.63) is 28.2 Å². The molecule has 1 aromatic carbocycles. The van der Waals surface area contributed by atoms with Crippen LogP contribution in [0.4, 0.5) is 10.5 Å². The van der Waals surface area contributed by atoms with Crippen LogP contribution < -0.4 is 4.90 Å². The fraction of sp³-hybridized carbons (Fsp3) is 0.667. The Morgan fingerprint density at radius 1 is 1.07 bits per heavy atom. The summed E-state index contributed by atoms with van der Waals surface area (Å²) in [4.78, 5) is 18.4. The Morgan fingerprint density at radius 2 is 1.72 bits per heavy atom. The Balaban J connectivity index is 1.38. The molecule has 1 saturated heterocycles. The Hall–Kier alpha value is -0.880. The lowest BCUT2D eigenvalue weighted by atomic mass is 9.84. The molecule has 0 unspecified atom stereocenters. The summed E-state index contributed by atoms with van der Waals surface area (Å²) in [5.74, 6) is 0.728. The topological polar surface area (TPSA) is 30.0 Å². The predicted octanol–water partition coefficient (Wildman–Crippen LogP) is 5.20. The molecule has 0 spiro atoms. The van der Waals surface area contributed by atoms with Crippen LogP contribution in [0.5, 0.6) is 0 Å². The molecule has 2 fully saturated rings. The van der Waals surface area contributed by atoms with Crippen molar-refractivity contribution in [1.82, 2.24) is 14.2 Å². The van der Waals surface area contributed by atoms with Gasteiger partial charge in [0.25, 0.3) is 0 Å². The Kier molecular flexibility index (Phi) is 8.20. The second-order valence-electron chi connectivity index (χ2n) is 8.35. The van der Waals surface area contributed by atoms with Crippen LogP contribution in [-0.2, 0) is 0 Å². The van der Waals surface area contributed by atoms with Gasteiger partial charge in [0.2, 0.25) is 0 Å². The van der Waals surface area contributed by atoms with E-state index in [9.17, 15) is 4.79 Å². The molecule has 3 rings (SSSR count). The zero-order valence-corrected chi connectivity index (χ0v) is 19.6. The molecule has 2 amide bonds. The maximum atomic E-state index is 12.0. The van der Waals surface area contributed by atoms with E-state index in [2.05, 4.69) is 9.80 Å². The highest BCUT2D eigenvalue weighted by molar-refractivity contribution is 6.43. The SMILES string of the molecule is CN(C)C(=O)N(Cl)C1CCC(CCN2CCN(c3cccc(Cl)c3Cl)CC2)CC1. The number of rotatable bonds is 5. The maximum absolute atomic E-state index is 12.0. The van der Waals surface area contributed by atoms with E-state index in [0.717, 1.165) is 70.0 Å². The minimum absolute atomic E-state index is 0.118. The zero-order chi connectivity index (χ0) is 21.0. The van der Waals surface area contributed by atoms with Crippen LogP contribution in [0, 0.1) is 5.92 Å². The smallest absolute Gasteiger partial charge is 0.334 e. The second kappa shape index (κ2) is 10.4. The van der Waals surface area contributed by atoms with Gasteiger partial charge in [-0.25, -0.2) is 9.21 Å². The molecule has 1 saturated carbocycles. The van der Waals surface area contributed by atoms with E-state index in [-0.39, 0.29) is 12.1 Å². The van der Waals surface area contributed by atoms with E-state index < -0.39 is 0 Å². The first-order valence-corrected chi connectivity index (χ1v) is 11.5. The quantitative estimate of drug-likeness (QED) is 0.564. The highest BCUT2D eigenvalue weighted by Gasteiger charge is 2.29. The van der Waals surface area contributed by atoms with E-state index in [1.165, 1.54) is 15.7 Å². The molecule has 0 atom stereocenters. The van der Waals surface area contributed by atoms with Gasteiger partial charge in [-0.2, -0.15) is 0 Å². The van der Waals surface area contributed by atoms with Crippen LogP contribution in [0.15, 0.2) is 18.2 Å². The second-order valence-corrected chi connectivity index (χ2v) is 9.50. The molecule has 0 bridgehead atoms. The van der Waals surface area contributed by atoms with Crippen LogP contribution >= 0.6 is 35.0 Å². The Labute approximate surface area is 189 Å². The molecule has 162 valence electrons. The molecule has 1 heterocycles. The molecule has 1 aromatic rings. The largest absolute Gasteiger partial charge is 0.368 e. The minimum Gasteiger partial charge on any atom is -0.368 e. The molecule has 2 aliphatic rings. The number of amides is 2. The lowest BCUT2D eigenvalue weighted by Crippen LogP contribution is -2.47. The van der Waals surface area contributed by atoms with Crippen LogP contribution in [0.25, 0.3) is 0 Å². The van der Waals surface area contributed by atoms with E-state index in [0.29, 0.717) is 10.0 Å². The average molecular weight is 462 g/mol. The summed E-state index contributed by atoms with van der Waals surface area (Å²) in [6.45, 7) is 5.17. The molecular weight excluding hydrogens is 431 g/mol. The van der Waals surface area contributed by atoms with Crippen molar-refractivity contribution in [1.29, 1.82) is 0 Å². The number of hydrogen-bond acceptors (Lipinski definition) is 3.